The Morgan fingerprint density at radius 1 is 1.33 bits per heavy atom. The van der Waals surface area contributed by atoms with E-state index >= 15 is 0 Å². The topological polar surface area (TPSA) is 49.7 Å². The zero-order valence-electron chi connectivity index (χ0n) is 6.47. The minimum Gasteiger partial charge on any atom is -0.507 e. The number of rotatable bonds is 3. The van der Waals surface area contributed by atoms with Crippen LogP contribution in [-0.2, 0) is 0 Å². The lowest BCUT2D eigenvalue weighted by Gasteiger charge is -1.99. The molecule has 3 heteroatoms. The van der Waals surface area contributed by atoms with Crippen molar-refractivity contribution in [2.45, 2.75) is 0 Å². The molecule has 12 heavy (non-hydrogen) atoms. The van der Waals surface area contributed by atoms with Crippen molar-refractivity contribution >= 4 is 0 Å². The number of aliphatic hydroxyl groups is 2. The fraction of sp³-hybridized carbons (Fsp3) is 0.111. The highest BCUT2D eigenvalue weighted by atomic mass is 16.5. The molecule has 0 unspecified atom stereocenters. The van der Waals surface area contributed by atoms with Crippen molar-refractivity contribution < 1.29 is 14.9 Å². The van der Waals surface area contributed by atoms with Gasteiger partial charge in [-0.1, -0.05) is 18.2 Å². The molecule has 0 aliphatic rings. The van der Waals surface area contributed by atoms with Gasteiger partial charge in [-0.2, -0.15) is 0 Å². The van der Waals surface area contributed by atoms with Crippen LogP contribution in [0.3, 0.4) is 0 Å². The third-order valence-corrected chi connectivity index (χ3v) is 1.24. The zero-order chi connectivity index (χ0) is 8.81. The molecule has 1 rings (SSSR count). The molecule has 0 aliphatic carbocycles. The summed E-state index contributed by atoms with van der Waals surface area (Å²) < 4.78 is 4.99. The lowest BCUT2D eigenvalue weighted by atomic mass is 10.3. The van der Waals surface area contributed by atoms with E-state index < -0.39 is 6.61 Å². The van der Waals surface area contributed by atoms with E-state index in [4.69, 9.17) is 14.9 Å². The summed E-state index contributed by atoms with van der Waals surface area (Å²) in [4.78, 5) is 0. The predicted molar refractivity (Wildman–Crippen MR) is 44.9 cm³/mol. The monoisotopic (exact) mass is 166 g/mol. The summed E-state index contributed by atoms with van der Waals surface area (Å²) >= 11 is 0. The van der Waals surface area contributed by atoms with Crippen LogP contribution in [0, 0.1) is 0 Å². The SMILES string of the molecule is OC/C(O)=C\Oc1ccccc1. The third-order valence-electron chi connectivity index (χ3n) is 1.24. The highest BCUT2D eigenvalue weighted by molar-refractivity contribution is 5.21. The smallest absolute Gasteiger partial charge is 0.153 e. The molecule has 0 atom stereocenters. The lowest BCUT2D eigenvalue weighted by Crippen LogP contribution is -1.91. The molecule has 0 heterocycles. The Hall–Kier alpha value is -1.48. The number of ether oxygens (including phenoxy) is 1. The van der Waals surface area contributed by atoms with E-state index in [9.17, 15) is 0 Å². The van der Waals surface area contributed by atoms with Crippen LogP contribution in [0.2, 0.25) is 0 Å². The van der Waals surface area contributed by atoms with Crippen molar-refractivity contribution in [3.63, 3.8) is 0 Å². The standard InChI is InChI=1S/C9H10O3/c10-6-8(11)7-12-9-4-2-1-3-5-9/h1-5,7,10-11H,6H2/b8-7+. The van der Waals surface area contributed by atoms with Crippen LogP contribution < -0.4 is 4.74 Å². The second kappa shape index (κ2) is 4.41. The number of para-hydroxylation sites is 1. The predicted octanol–water partition coefficient (Wildman–Crippen LogP) is 1.46. The molecule has 0 bridgehead atoms. The second-order valence-electron chi connectivity index (χ2n) is 2.20. The van der Waals surface area contributed by atoms with Crippen LogP contribution in [0.5, 0.6) is 5.75 Å². The normalized spacial score (nSPS) is 11.2. The highest BCUT2D eigenvalue weighted by Crippen LogP contribution is 2.08. The fourth-order valence-electron chi connectivity index (χ4n) is 0.672. The zero-order valence-corrected chi connectivity index (χ0v) is 6.47. The Balaban J connectivity index is 2.54. The molecule has 1 aromatic rings. The molecule has 0 radical (unpaired) electrons. The molecule has 1 aromatic carbocycles. The van der Waals surface area contributed by atoms with Crippen molar-refractivity contribution in [1.29, 1.82) is 0 Å². The van der Waals surface area contributed by atoms with Gasteiger partial charge in [0.25, 0.3) is 0 Å². The molecule has 0 aromatic heterocycles. The number of hydrogen-bond acceptors (Lipinski definition) is 3. The highest BCUT2D eigenvalue weighted by Gasteiger charge is 1.90. The largest absolute Gasteiger partial charge is 0.507 e. The summed E-state index contributed by atoms with van der Waals surface area (Å²) in [5.74, 6) is 0.427. The Morgan fingerprint density at radius 2 is 2.00 bits per heavy atom. The average Bonchev–Trinajstić information content (AvgIpc) is 2.16. The van der Waals surface area contributed by atoms with Crippen molar-refractivity contribution in [2.24, 2.45) is 0 Å². The van der Waals surface area contributed by atoms with Crippen LogP contribution in [0.15, 0.2) is 42.4 Å². The van der Waals surface area contributed by atoms with E-state index in [2.05, 4.69) is 0 Å². The summed E-state index contributed by atoms with van der Waals surface area (Å²) in [5.41, 5.74) is 0. The van der Waals surface area contributed by atoms with Crippen LogP contribution in [0.25, 0.3) is 0 Å². The van der Waals surface area contributed by atoms with Gasteiger partial charge in [0.15, 0.2) is 5.76 Å². The van der Waals surface area contributed by atoms with E-state index in [1.54, 1.807) is 12.1 Å². The van der Waals surface area contributed by atoms with Gasteiger partial charge >= 0.3 is 0 Å². The van der Waals surface area contributed by atoms with Gasteiger partial charge in [-0.05, 0) is 12.1 Å². The Bertz CT molecular complexity index is 254. The van der Waals surface area contributed by atoms with E-state index in [1.807, 2.05) is 18.2 Å². The van der Waals surface area contributed by atoms with Crippen molar-refractivity contribution in [1.82, 2.24) is 0 Å². The van der Waals surface area contributed by atoms with E-state index in [-0.39, 0.29) is 5.76 Å². The van der Waals surface area contributed by atoms with Crippen molar-refractivity contribution in [3.05, 3.63) is 42.4 Å². The molecule has 2 N–H and O–H groups in total. The number of hydrogen-bond donors (Lipinski definition) is 2. The van der Waals surface area contributed by atoms with Gasteiger partial charge in [0, 0.05) is 0 Å². The average molecular weight is 166 g/mol. The van der Waals surface area contributed by atoms with Crippen LogP contribution >= 0.6 is 0 Å². The maximum atomic E-state index is 8.81. The molecule has 64 valence electrons. The maximum absolute atomic E-state index is 8.81. The van der Waals surface area contributed by atoms with Crippen LogP contribution in [0.1, 0.15) is 0 Å². The summed E-state index contributed by atoms with van der Waals surface area (Å²) in [6, 6.07) is 9.00. The lowest BCUT2D eigenvalue weighted by molar-refractivity contribution is 0.241. The number of benzene rings is 1. The van der Waals surface area contributed by atoms with Crippen LogP contribution in [0.4, 0.5) is 0 Å². The molecular formula is C9H10O3. The van der Waals surface area contributed by atoms with Gasteiger partial charge in [0.05, 0.1) is 0 Å². The summed E-state index contributed by atoms with van der Waals surface area (Å²) in [5, 5.41) is 17.2. The van der Waals surface area contributed by atoms with E-state index in [0.29, 0.717) is 5.75 Å². The number of aliphatic hydroxyl groups excluding tert-OH is 2. The molecule has 0 amide bonds. The molecule has 0 saturated carbocycles. The molecule has 0 spiro atoms. The van der Waals surface area contributed by atoms with Crippen molar-refractivity contribution in [2.75, 3.05) is 6.61 Å². The third kappa shape index (κ3) is 2.64. The second-order valence-corrected chi connectivity index (χ2v) is 2.20. The van der Waals surface area contributed by atoms with Gasteiger partial charge < -0.3 is 14.9 Å². The molecule has 0 fully saturated rings. The first-order valence-corrected chi connectivity index (χ1v) is 3.53. The van der Waals surface area contributed by atoms with Crippen molar-refractivity contribution in [3.8, 4) is 5.75 Å². The van der Waals surface area contributed by atoms with Gasteiger partial charge in [0.2, 0.25) is 0 Å². The maximum Gasteiger partial charge on any atom is 0.153 e. The van der Waals surface area contributed by atoms with Gasteiger partial charge in [-0.3, -0.25) is 0 Å². The van der Waals surface area contributed by atoms with Gasteiger partial charge in [0.1, 0.15) is 18.6 Å². The molecule has 0 aliphatic heterocycles. The van der Waals surface area contributed by atoms with Gasteiger partial charge in [-0.15, -0.1) is 0 Å². The quantitative estimate of drug-likeness (QED) is 0.668. The van der Waals surface area contributed by atoms with Gasteiger partial charge in [-0.25, -0.2) is 0 Å². The summed E-state index contributed by atoms with van der Waals surface area (Å²) in [7, 11) is 0. The first kappa shape index (κ1) is 8.62. The summed E-state index contributed by atoms with van der Waals surface area (Å²) in [6.45, 7) is -0.410. The Labute approximate surface area is 70.5 Å². The van der Waals surface area contributed by atoms with E-state index in [0.717, 1.165) is 6.26 Å². The molecular weight excluding hydrogens is 156 g/mol. The molecule has 3 nitrogen and oxygen atoms in total. The van der Waals surface area contributed by atoms with Crippen LogP contribution in [-0.4, -0.2) is 16.8 Å². The Morgan fingerprint density at radius 3 is 2.58 bits per heavy atom. The Kier molecular flexibility index (Phi) is 3.17. The van der Waals surface area contributed by atoms with E-state index in [1.165, 1.54) is 0 Å². The first-order chi connectivity index (χ1) is 5.83. The first-order valence-electron chi connectivity index (χ1n) is 3.53. The molecule has 0 saturated heterocycles. The minimum absolute atomic E-state index is 0.196. The fourth-order valence-corrected chi connectivity index (χ4v) is 0.672. The summed E-state index contributed by atoms with van der Waals surface area (Å²) in [6.07, 6.45) is 1.11. The minimum atomic E-state index is -0.410.